The second kappa shape index (κ2) is 9.67. The predicted molar refractivity (Wildman–Crippen MR) is 119 cm³/mol. The molecule has 10 heteroatoms. The van der Waals surface area contributed by atoms with E-state index in [4.69, 9.17) is 0 Å². The minimum atomic E-state index is -0.381. The molecular formula is C20H24N6O2S2. The topological polar surface area (TPSA) is 109 Å². The number of hydrogen-bond donors (Lipinski definition) is 3. The zero-order valence-electron chi connectivity index (χ0n) is 16.7. The van der Waals surface area contributed by atoms with Gasteiger partial charge < -0.3 is 10.6 Å². The average molecular weight is 445 g/mol. The SMILES string of the molecule is Cc1nc(CCNC2CCC(Nc3nccc(/C=C4\SC(=O)NC4=O)n3)CC2)cs1. The molecule has 2 aliphatic rings. The molecule has 0 radical (unpaired) electrons. The zero-order valence-corrected chi connectivity index (χ0v) is 18.3. The normalized spacial score (nSPS) is 23.0. The molecule has 1 aliphatic carbocycles. The van der Waals surface area contributed by atoms with Gasteiger partial charge in [-0.3, -0.25) is 14.9 Å². The van der Waals surface area contributed by atoms with Crippen molar-refractivity contribution in [3.63, 3.8) is 0 Å². The largest absolute Gasteiger partial charge is 0.351 e. The van der Waals surface area contributed by atoms with Crippen LogP contribution in [0, 0.1) is 6.92 Å². The van der Waals surface area contributed by atoms with Gasteiger partial charge in [0.1, 0.15) is 0 Å². The average Bonchev–Trinajstić information content (AvgIpc) is 3.27. The molecule has 3 N–H and O–H groups in total. The number of hydrogen-bond acceptors (Lipinski definition) is 9. The van der Waals surface area contributed by atoms with Gasteiger partial charge in [0.15, 0.2) is 0 Å². The lowest BCUT2D eigenvalue weighted by molar-refractivity contribution is -0.115. The molecule has 0 spiro atoms. The molecule has 3 heterocycles. The number of imide groups is 1. The number of aromatic nitrogens is 3. The van der Waals surface area contributed by atoms with Crippen LogP contribution < -0.4 is 16.0 Å². The van der Waals surface area contributed by atoms with E-state index in [-0.39, 0.29) is 11.1 Å². The Bertz CT molecular complexity index is 952. The molecule has 1 saturated carbocycles. The lowest BCUT2D eigenvalue weighted by atomic mass is 9.91. The van der Waals surface area contributed by atoms with E-state index in [9.17, 15) is 9.59 Å². The summed E-state index contributed by atoms with van der Waals surface area (Å²) in [7, 11) is 0. The van der Waals surface area contributed by atoms with Gasteiger partial charge in [-0.05, 0) is 56.5 Å². The van der Waals surface area contributed by atoms with Crippen molar-refractivity contribution in [1.29, 1.82) is 0 Å². The maximum absolute atomic E-state index is 11.7. The predicted octanol–water partition coefficient (Wildman–Crippen LogP) is 3.12. The van der Waals surface area contributed by atoms with Gasteiger partial charge in [0, 0.05) is 36.6 Å². The highest BCUT2D eigenvalue weighted by molar-refractivity contribution is 8.18. The van der Waals surface area contributed by atoms with Crippen molar-refractivity contribution >= 4 is 46.3 Å². The molecule has 8 nitrogen and oxygen atoms in total. The number of nitrogens with zero attached hydrogens (tertiary/aromatic N) is 3. The summed E-state index contributed by atoms with van der Waals surface area (Å²) in [5.41, 5.74) is 1.78. The van der Waals surface area contributed by atoms with Crippen molar-refractivity contribution in [3.8, 4) is 0 Å². The quantitative estimate of drug-likeness (QED) is 0.559. The van der Waals surface area contributed by atoms with Gasteiger partial charge in [0.05, 0.1) is 21.3 Å². The Labute approximate surface area is 183 Å². The van der Waals surface area contributed by atoms with Gasteiger partial charge in [-0.2, -0.15) is 0 Å². The number of amides is 2. The number of anilines is 1. The monoisotopic (exact) mass is 444 g/mol. The molecule has 0 bridgehead atoms. The smallest absolute Gasteiger partial charge is 0.290 e. The number of thioether (sulfide) groups is 1. The second-order valence-electron chi connectivity index (χ2n) is 7.41. The molecule has 2 aromatic rings. The van der Waals surface area contributed by atoms with Crippen molar-refractivity contribution in [2.75, 3.05) is 11.9 Å². The van der Waals surface area contributed by atoms with Crippen LogP contribution in [0.2, 0.25) is 0 Å². The van der Waals surface area contributed by atoms with E-state index in [0.717, 1.165) is 55.4 Å². The molecular weight excluding hydrogens is 420 g/mol. The van der Waals surface area contributed by atoms with E-state index < -0.39 is 0 Å². The number of thiazole rings is 1. The molecule has 2 fully saturated rings. The first-order chi connectivity index (χ1) is 14.5. The highest BCUT2D eigenvalue weighted by atomic mass is 32.2. The van der Waals surface area contributed by atoms with Crippen LogP contribution in [-0.4, -0.2) is 44.7 Å². The van der Waals surface area contributed by atoms with Gasteiger partial charge >= 0.3 is 0 Å². The first-order valence-corrected chi connectivity index (χ1v) is 11.7. The lowest BCUT2D eigenvalue weighted by Gasteiger charge is -2.29. The van der Waals surface area contributed by atoms with Gasteiger partial charge in [0.25, 0.3) is 11.1 Å². The van der Waals surface area contributed by atoms with Crippen molar-refractivity contribution in [3.05, 3.63) is 38.9 Å². The van der Waals surface area contributed by atoms with Crippen LogP contribution in [0.3, 0.4) is 0 Å². The summed E-state index contributed by atoms with van der Waals surface area (Å²) in [6, 6.07) is 2.59. The Kier molecular flexibility index (Phi) is 6.76. The maximum Gasteiger partial charge on any atom is 0.290 e. The third-order valence-corrected chi connectivity index (χ3v) is 6.77. The van der Waals surface area contributed by atoms with Crippen LogP contribution in [0.25, 0.3) is 6.08 Å². The summed E-state index contributed by atoms with van der Waals surface area (Å²) >= 11 is 2.59. The standard InChI is InChI=1S/C20H24N6O2S2/c1-12-23-16(11-29-12)7-8-21-13-2-4-14(5-3-13)24-19-22-9-6-15(25-19)10-17-18(27)26-20(28)30-17/h6,9-11,13-14,21H,2-5,7-8H2,1H3,(H,22,24,25)(H,26,27,28)/b17-10-. The summed E-state index contributed by atoms with van der Waals surface area (Å²) in [6.45, 7) is 3.00. The van der Waals surface area contributed by atoms with Crippen LogP contribution in [0.1, 0.15) is 42.1 Å². The van der Waals surface area contributed by atoms with Crippen LogP contribution in [0.5, 0.6) is 0 Å². The molecule has 1 saturated heterocycles. The van der Waals surface area contributed by atoms with E-state index in [2.05, 4.69) is 36.3 Å². The zero-order chi connectivity index (χ0) is 20.9. The number of nitrogens with one attached hydrogen (secondary N) is 3. The number of aryl methyl sites for hydroxylation is 1. The Hall–Kier alpha value is -2.30. The Morgan fingerprint density at radius 2 is 2.00 bits per heavy atom. The maximum atomic E-state index is 11.7. The highest BCUT2D eigenvalue weighted by Gasteiger charge is 2.25. The summed E-state index contributed by atoms with van der Waals surface area (Å²) in [5.74, 6) is 0.170. The van der Waals surface area contributed by atoms with Crippen LogP contribution >= 0.6 is 23.1 Å². The third-order valence-electron chi connectivity index (χ3n) is 5.14. The minimum absolute atomic E-state index is 0.331. The van der Waals surface area contributed by atoms with Crippen molar-refractivity contribution in [2.24, 2.45) is 0 Å². The second-order valence-corrected chi connectivity index (χ2v) is 9.49. The van der Waals surface area contributed by atoms with Gasteiger partial charge in [0.2, 0.25) is 5.95 Å². The molecule has 1 aliphatic heterocycles. The van der Waals surface area contributed by atoms with E-state index in [1.54, 1.807) is 29.7 Å². The Morgan fingerprint density at radius 3 is 2.70 bits per heavy atom. The third kappa shape index (κ3) is 5.65. The van der Waals surface area contributed by atoms with Crippen LogP contribution in [0.4, 0.5) is 10.7 Å². The fourth-order valence-corrected chi connectivity index (χ4v) is 4.94. The molecule has 158 valence electrons. The van der Waals surface area contributed by atoms with E-state index in [1.807, 2.05) is 6.92 Å². The van der Waals surface area contributed by atoms with Crippen LogP contribution in [0.15, 0.2) is 22.5 Å². The fraction of sp³-hybridized carbons (Fsp3) is 0.450. The molecule has 4 rings (SSSR count). The van der Waals surface area contributed by atoms with Crippen molar-refractivity contribution < 1.29 is 9.59 Å². The number of carbonyl (C=O) groups is 2. The molecule has 2 amide bonds. The molecule has 30 heavy (non-hydrogen) atoms. The van der Waals surface area contributed by atoms with E-state index >= 15 is 0 Å². The molecule has 0 atom stereocenters. The summed E-state index contributed by atoms with van der Waals surface area (Å²) in [5, 5.41) is 12.2. The summed E-state index contributed by atoms with van der Waals surface area (Å²) < 4.78 is 0. The summed E-state index contributed by atoms with van der Waals surface area (Å²) in [4.78, 5) is 36.6. The molecule has 0 unspecified atom stereocenters. The Morgan fingerprint density at radius 1 is 1.20 bits per heavy atom. The molecule has 0 aromatic carbocycles. The number of carbonyl (C=O) groups excluding carboxylic acids is 2. The summed E-state index contributed by atoms with van der Waals surface area (Å²) in [6.07, 6.45) is 8.56. The first-order valence-electron chi connectivity index (χ1n) is 10.0. The van der Waals surface area contributed by atoms with Crippen molar-refractivity contribution in [1.82, 2.24) is 25.6 Å². The Balaban J connectivity index is 1.23. The van der Waals surface area contributed by atoms with Gasteiger partial charge in [-0.15, -0.1) is 11.3 Å². The number of rotatable bonds is 7. The van der Waals surface area contributed by atoms with Crippen LogP contribution in [-0.2, 0) is 11.2 Å². The van der Waals surface area contributed by atoms with Crippen molar-refractivity contribution in [2.45, 2.75) is 51.1 Å². The minimum Gasteiger partial charge on any atom is -0.351 e. The highest BCUT2D eigenvalue weighted by Crippen LogP contribution is 2.25. The fourth-order valence-electron chi connectivity index (χ4n) is 3.63. The van der Waals surface area contributed by atoms with E-state index in [0.29, 0.717) is 28.6 Å². The first kappa shape index (κ1) is 21.0. The molecule has 2 aromatic heterocycles. The van der Waals surface area contributed by atoms with E-state index in [1.165, 1.54) is 5.69 Å². The van der Waals surface area contributed by atoms with Gasteiger partial charge in [-0.25, -0.2) is 15.0 Å². The van der Waals surface area contributed by atoms with Gasteiger partial charge in [-0.1, -0.05) is 0 Å². The lowest BCUT2D eigenvalue weighted by Crippen LogP contribution is -2.38.